The summed E-state index contributed by atoms with van der Waals surface area (Å²) in [6.07, 6.45) is 1.88. The first-order chi connectivity index (χ1) is 13.4. The van der Waals surface area contributed by atoms with E-state index in [2.05, 4.69) is 15.1 Å². The average molecular weight is 402 g/mol. The van der Waals surface area contributed by atoms with Crippen molar-refractivity contribution in [3.8, 4) is 22.9 Å². The summed E-state index contributed by atoms with van der Waals surface area (Å²) < 4.78 is 40.7. The molecule has 0 aliphatic heterocycles. The first kappa shape index (κ1) is 18.1. The first-order valence-electron chi connectivity index (χ1n) is 8.12. The minimum absolute atomic E-state index is 0.128. The van der Waals surface area contributed by atoms with Gasteiger partial charge in [-0.15, -0.1) is 0 Å². The second-order valence-electron chi connectivity index (χ2n) is 6.07. The van der Waals surface area contributed by atoms with E-state index in [-0.39, 0.29) is 22.7 Å². The van der Waals surface area contributed by atoms with Gasteiger partial charge >= 0.3 is 6.18 Å². The first-order valence-corrected chi connectivity index (χ1v) is 8.50. The number of nitriles is 1. The van der Waals surface area contributed by atoms with Crippen LogP contribution in [0.5, 0.6) is 0 Å². The van der Waals surface area contributed by atoms with Gasteiger partial charge in [0.15, 0.2) is 0 Å². The van der Waals surface area contributed by atoms with Crippen LogP contribution < -0.4 is 0 Å². The van der Waals surface area contributed by atoms with Gasteiger partial charge in [0.25, 0.3) is 0 Å². The molecule has 0 bridgehead atoms. The number of pyridine rings is 1. The second kappa shape index (κ2) is 6.69. The molecule has 28 heavy (non-hydrogen) atoms. The van der Waals surface area contributed by atoms with Crippen molar-refractivity contribution in [3.63, 3.8) is 0 Å². The maximum atomic E-state index is 13.1. The molecule has 0 unspecified atom stereocenters. The number of aromatic nitrogens is 4. The van der Waals surface area contributed by atoms with Gasteiger partial charge < -0.3 is 4.98 Å². The van der Waals surface area contributed by atoms with Gasteiger partial charge in [0.05, 0.1) is 35.0 Å². The number of H-pyrrole nitrogens is 1. The summed E-state index contributed by atoms with van der Waals surface area (Å²) in [6.45, 7) is 0. The van der Waals surface area contributed by atoms with Crippen LogP contribution >= 0.6 is 11.6 Å². The standard InChI is InChI=1S/C19H11ClF3N5/c20-16-8-13(19(21,22)23)7-11(1-4-24)17(16)28-10-12(9-27-28)14-2-5-25-18-15(14)3-6-26-18/h2-3,5-10H,1H2,(H,25,26). The zero-order valence-corrected chi connectivity index (χ0v) is 14.9. The lowest BCUT2D eigenvalue weighted by molar-refractivity contribution is -0.137. The van der Waals surface area contributed by atoms with Gasteiger partial charge in [-0.3, -0.25) is 0 Å². The Balaban J connectivity index is 1.85. The normalized spacial score (nSPS) is 11.7. The number of hydrogen-bond donors (Lipinski definition) is 1. The summed E-state index contributed by atoms with van der Waals surface area (Å²) >= 11 is 6.16. The highest BCUT2D eigenvalue weighted by molar-refractivity contribution is 6.32. The molecule has 0 saturated heterocycles. The number of halogens is 4. The van der Waals surface area contributed by atoms with E-state index >= 15 is 0 Å². The number of alkyl halides is 3. The second-order valence-corrected chi connectivity index (χ2v) is 6.48. The van der Waals surface area contributed by atoms with Gasteiger partial charge in [-0.1, -0.05) is 11.6 Å². The van der Waals surface area contributed by atoms with Crippen LogP contribution in [0.15, 0.2) is 49.1 Å². The van der Waals surface area contributed by atoms with Gasteiger partial charge in [-0.25, -0.2) is 9.67 Å². The van der Waals surface area contributed by atoms with Crippen molar-refractivity contribution in [3.05, 3.63) is 65.2 Å². The van der Waals surface area contributed by atoms with Crippen molar-refractivity contribution in [2.45, 2.75) is 12.6 Å². The summed E-state index contributed by atoms with van der Waals surface area (Å²) in [7, 11) is 0. The third kappa shape index (κ3) is 3.10. The molecule has 1 aromatic carbocycles. The van der Waals surface area contributed by atoms with Crippen molar-refractivity contribution in [1.82, 2.24) is 19.7 Å². The number of benzene rings is 1. The summed E-state index contributed by atoms with van der Waals surface area (Å²) in [5.41, 5.74) is 1.82. The van der Waals surface area contributed by atoms with E-state index in [0.717, 1.165) is 28.6 Å². The number of aromatic amines is 1. The zero-order valence-electron chi connectivity index (χ0n) is 14.1. The average Bonchev–Trinajstić information content (AvgIpc) is 3.30. The Hall–Kier alpha value is -3.31. The fraction of sp³-hybridized carbons (Fsp3) is 0.105. The van der Waals surface area contributed by atoms with E-state index < -0.39 is 11.7 Å². The highest BCUT2D eigenvalue weighted by Gasteiger charge is 2.32. The SMILES string of the molecule is N#CCc1cc(C(F)(F)F)cc(Cl)c1-n1cc(-c2ccnc3[nH]ccc23)cn1. The summed E-state index contributed by atoms with van der Waals surface area (Å²) in [4.78, 5) is 7.25. The van der Waals surface area contributed by atoms with Gasteiger partial charge in [0.2, 0.25) is 0 Å². The molecule has 0 fully saturated rings. The number of nitrogens with zero attached hydrogens (tertiary/aromatic N) is 4. The highest BCUT2D eigenvalue weighted by Crippen LogP contribution is 2.36. The number of nitrogens with one attached hydrogen (secondary N) is 1. The Kier molecular flexibility index (Phi) is 4.32. The summed E-state index contributed by atoms with van der Waals surface area (Å²) in [6, 6.07) is 7.35. The van der Waals surface area contributed by atoms with Crippen LogP contribution in [0.4, 0.5) is 13.2 Å². The van der Waals surface area contributed by atoms with E-state index in [1.807, 2.05) is 18.2 Å². The molecule has 0 radical (unpaired) electrons. The van der Waals surface area contributed by atoms with E-state index in [9.17, 15) is 13.2 Å². The van der Waals surface area contributed by atoms with Crippen LogP contribution in [0.2, 0.25) is 5.02 Å². The van der Waals surface area contributed by atoms with Crippen LogP contribution in [0.1, 0.15) is 11.1 Å². The summed E-state index contributed by atoms with van der Waals surface area (Å²) in [5, 5.41) is 14.1. The minimum atomic E-state index is -4.56. The molecule has 3 aromatic heterocycles. The predicted octanol–water partition coefficient (Wildman–Crippen LogP) is 5.15. The molecule has 4 aromatic rings. The summed E-state index contributed by atoms with van der Waals surface area (Å²) in [5.74, 6) is 0. The lowest BCUT2D eigenvalue weighted by Crippen LogP contribution is -2.09. The van der Waals surface area contributed by atoms with Crippen LogP contribution in [0.3, 0.4) is 0 Å². The Morgan fingerprint density at radius 1 is 1.25 bits per heavy atom. The van der Waals surface area contributed by atoms with Gasteiger partial charge in [0.1, 0.15) is 5.65 Å². The predicted molar refractivity (Wildman–Crippen MR) is 98.0 cm³/mol. The zero-order chi connectivity index (χ0) is 19.9. The lowest BCUT2D eigenvalue weighted by Gasteiger charge is -2.14. The molecule has 0 saturated carbocycles. The Morgan fingerprint density at radius 2 is 2.07 bits per heavy atom. The number of rotatable bonds is 3. The quantitative estimate of drug-likeness (QED) is 0.516. The van der Waals surface area contributed by atoms with Crippen molar-refractivity contribution in [2.24, 2.45) is 0 Å². The Morgan fingerprint density at radius 3 is 2.82 bits per heavy atom. The molecule has 0 atom stereocenters. The van der Waals surface area contributed by atoms with Crippen LogP contribution in [-0.4, -0.2) is 19.7 Å². The van der Waals surface area contributed by atoms with E-state index in [1.54, 1.807) is 24.8 Å². The van der Waals surface area contributed by atoms with Crippen molar-refractivity contribution >= 4 is 22.6 Å². The van der Waals surface area contributed by atoms with Gasteiger partial charge in [0, 0.05) is 29.5 Å². The van der Waals surface area contributed by atoms with E-state index in [0.29, 0.717) is 5.65 Å². The molecule has 5 nitrogen and oxygen atoms in total. The number of fused-ring (bicyclic) bond motifs is 1. The maximum absolute atomic E-state index is 13.1. The lowest BCUT2D eigenvalue weighted by atomic mass is 10.1. The third-order valence-electron chi connectivity index (χ3n) is 4.32. The Labute approximate surface area is 162 Å². The molecule has 0 aliphatic rings. The molecule has 0 aliphatic carbocycles. The molecule has 1 N–H and O–H groups in total. The van der Waals surface area contributed by atoms with E-state index in [1.165, 1.54) is 4.68 Å². The topological polar surface area (TPSA) is 70.3 Å². The highest BCUT2D eigenvalue weighted by atomic mass is 35.5. The van der Waals surface area contributed by atoms with Crippen LogP contribution in [0.25, 0.3) is 27.8 Å². The third-order valence-corrected chi connectivity index (χ3v) is 4.61. The molecule has 3 heterocycles. The fourth-order valence-electron chi connectivity index (χ4n) is 3.09. The fourth-order valence-corrected chi connectivity index (χ4v) is 3.42. The van der Waals surface area contributed by atoms with Gasteiger partial charge in [-0.2, -0.15) is 23.5 Å². The van der Waals surface area contributed by atoms with Crippen LogP contribution in [-0.2, 0) is 12.6 Å². The van der Waals surface area contributed by atoms with Gasteiger partial charge in [-0.05, 0) is 35.4 Å². The monoisotopic (exact) mass is 401 g/mol. The van der Waals surface area contributed by atoms with Crippen molar-refractivity contribution in [1.29, 1.82) is 5.26 Å². The molecular weight excluding hydrogens is 391 g/mol. The molecule has 0 amide bonds. The molecular formula is C19H11ClF3N5. The minimum Gasteiger partial charge on any atom is -0.346 e. The number of hydrogen-bond acceptors (Lipinski definition) is 3. The maximum Gasteiger partial charge on any atom is 0.416 e. The molecule has 9 heteroatoms. The molecule has 4 rings (SSSR count). The van der Waals surface area contributed by atoms with Crippen LogP contribution in [0, 0.1) is 11.3 Å². The molecule has 140 valence electrons. The molecule has 0 spiro atoms. The largest absolute Gasteiger partial charge is 0.416 e. The van der Waals surface area contributed by atoms with Crippen molar-refractivity contribution in [2.75, 3.05) is 0 Å². The smallest absolute Gasteiger partial charge is 0.346 e. The van der Waals surface area contributed by atoms with Crippen molar-refractivity contribution < 1.29 is 13.2 Å². The van der Waals surface area contributed by atoms with E-state index in [4.69, 9.17) is 16.9 Å². The Bertz CT molecular complexity index is 1220.